The van der Waals surface area contributed by atoms with Gasteiger partial charge in [-0.1, -0.05) is 20.8 Å². The Balaban J connectivity index is 5.21. The fraction of sp³-hybridized carbons (Fsp3) is 1.00. The first-order chi connectivity index (χ1) is 9.37. The van der Waals surface area contributed by atoms with Gasteiger partial charge in [-0.2, -0.15) is 0 Å². The summed E-state index contributed by atoms with van der Waals surface area (Å²) in [6.45, 7) is 26.6. The van der Waals surface area contributed by atoms with Crippen LogP contribution in [0.25, 0.3) is 0 Å². The number of hydrogen-bond donors (Lipinski definition) is 0. The number of nitrogens with zero attached hydrogens (tertiary/aromatic N) is 1. The molecule has 134 valence electrons. The molecule has 0 fully saturated rings. The summed E-state index contributed by atoms with van der Waals surface area (Å²) < 4.78 is 17.6. The third-order valence-electron chi connectivity index (χ3n) is 3.40. The molecule has 1 atom stereocenters. The number of ether oxygens (including phenoxy) is 1. The third-order valence-corrected chi connectivity index (χ3v) is 7.72. The lowest BCUT2D eigenvalue weighted by molar-refractivity contribution is -0.0280. The second-order valence-electron chi connectivity index (χ2n) is 9.88. The van der Waals surface area contributed by atoms with E-state index in [4.69, 9.17) is 14.0 Å². The van der Waals surface area contributed by atoms with Crippen LogP contribution in [0.2, 0.25) is 0 Å². The second-order valence-corrected chi connectivity index (χ2v) is 13.4. The molecule has 0 aromatic heterocycles. The van der Waals surface area contributed by atoms with Gasteiger partial charge in [0, 0.05) is 5.16 Å². The Morgan fingerprint density at radius 2 is 1.27 bits per heavy atom. The van der Waals surface area contributed by atoms with E-state index in [0.717, 1.165) is 6.42 Å². The van der Waals surface area contributed by atoms with E-state index < -0.39 is 7.28 Å². The normalized spacial score (nSPS) is 17.3. The maximum atomic E-state index is 6.65. The minimum absolute atomic E-state index is 0.0302. The van der Waals surface area contributed by atoms with Crippen molar-refractivity contribution in [3.63, 3.8) is 0 Å². The van der Waals surface area contributed by atoms with Crippen molar-refractivity contribution in [2.45, 2.75) is 104 Å². The number of rotatable bonds is 5. The van der Waals surface area contributed by atoms with Gasteiger partial charge in [0.1, 0.15) is 0 Å². The first kappa shape index (κ1) is 22.1. The first-order valence-corrected chi connectivity index (χ1v) is 10.4. The Labute approximate surface area is 139 Å². The zero-order valence-electron chi connectivity index (χ0n) is 17.1. The van der Waals surface area contributed by atoms with Gasteiger partial charge in [-0.05, 0) is 68.5 Å². The third kappa shape index (κ3) is 8.70. The monoisotopic (exact) mass is 333 g/mol. The minimum Gasteiger partial charge on any atom is -0.376 e. The maximum absolute atomic E-state index is 6.65. The highest BCUT2D eigenvalue weighted by Crippen LogP contribution is 2.62. The average Bonchev–Trinajstić information content (AvgIpc) is 2.07. The molecule has 0 aliphatic heterocycles. The van der Waals surface area contributed by atoms with Crippen LogP contribution in [0, 0.1) is 0 Å². The highest BCUT2D eigenvalue weighted by atomic mass is 31.2. The van der Waals surface area contributed by atoms with Crippen LogP contribution in [-0.2, 0) is 9.26 Å². The fourth-order valence-corrected chi connectivity index (χ4v) is 4.82. The summed E-state index contributed by atoms with van der Waals surface area (Å²) in [5.41, 5.74) is -0.433. The zero-order chi connectivity index (χ0) is 18.0. The lowest BCUT2D eigenvalue weighted by atomic mass is 10.1. The van der Waals surface area contributed by atoms with E-state index >= 15 is 0 Å². The smallest absolute Gasteiger partial charge is 0.0885 e. The maximum Gasteiger partial charge on any atom is 0.0885 e. The quantitative estimate of drug-likeness (QED) is 0.550. The highest BCUT2D eigenvalue weighted by molar-refractivity contribution is 7.62. The molecule has 0 rings (SSSR count). The van der Waals surface area contributed by atoms with Crippen LogP contribution in [-0.4, -0.2) is 35.2 Å². The Bertz CT molecular complexity index is 406. The summed E-state index contributed by atoms with van der Waals surface area (Å²) in [6, 6.07) is 0. The van der Waals surface area contributed by atoms with Crippen LogP contribution in [0.4, 0.5) is 0 Å². The van der Waals surface area contributed by atoms with Crippen molar-refractivity contribution >= 4 is 7.28 Å². The van der Waals surface area contributed by atoms with Gasteiger partial charge in [0.2, 0.25) is 0 Å². The van der Waals surface area contributed by atoms with Gasteiger partial charge in [-0.15, -0.1) is 0 Å². The van der Waals surface area contributed by atoms with Crippen molar-refractivity contribution in [3.8, 4) is 0 Å². The van der Waals surface area contributed by atoms with E-state index in [1.165, 1.54) is 0 Å². The Kier molecular flexibility index (Phi) is 7.00. The van der Waals surface area contributed by atoms with E-state index in [0.29, 0.717) is 6.61 Å². The summed E-state index contributed by atoms with van der Waals surface area (Å²) in [6.07, 6.45) is 0.871. The SMILES string of the molecule is CC(C)(C)N=P(C)(OC(C)(C)CCOC(C)(C)C)C(C)(C)C. The first-order valence-electron chi connectivity index (χ1n) is 8.33. The summed E-state index contributed by atoms with van der Waals surface area (Å²) in [5, 5.41) is 0.0302. The van der Waals surface area contributed by atoms with Crippen molar-refractivity contribution in [1.82, 2.24) is 0 Å². The van der Waals surface area contributed by atoms with Gasteiger partial charge in [0.25, 0.3) is 0 Å². The van der Waals surface area contributed by atoms with Crippen molar-refractivity contribution in [1.29, 1.82) is 0 Å². The highest BCUT2D eigenvalue weighted by Gasteiger charge is 2.37. The second kappa shape index (κ2) is 6.95. The molecule has 0 aliphatic rings. The predicted octanol–water partition coefficient (Wildman–Crippen LogP) is 6.33. The summed E-state index contributed by atoms with van der Waals surface area (Å²) in [4.78, 5) is 0. The zero-order valence-corrected chi connectivity index (χ0v) is 18.0. The molecule has 0 aromatic rings. The van der Waals surface area contributed by atoms with Gasteiger partial charge in [0.15, 0.2) is 0 Å². The molecule has 0 bridgehead atoms. The average molecular weight is 333 g/mol. The largest absolute Gasteiger partial charge is 0.376 e. The van der Waals surface area contributed by atoms with E-state index in [-0.39, 0.29) is 21.9 Å². The predicted molar refractivity (Wildman–Crippen MR) is 100 cm³/mol. The summed E-state index contributed by atoms with van der Waals surface area (Å²) in [7, 11) is -1.91. The van der Waals surface area contributed by atoms with E-state index in [1.807, 2.05) is 0 Å². The summed E-state index contributed by atoms with van der Waals surface area (Å²) >= 11 is 0. The lowest BCUT2D eigenvalue weighted by Crippen LogP contribution is -2.32. The molecular weight excluding hydrogens is 293 g/mol. The van der Waals surface area contributed by atoms with Crippen molar-refractivity contribution in [2.75, 3.05) is 13.3 Å². The molecule has 0 saturated carbocycles. The van der Waals surface area contributed by atoms with E-state index in [2.05, 4.69) is 82.8 Å². The molecule has 4 heteroatoms. The van der Waals surface area contributed by atoms with Crippen LogP contribution in [0.5, 0.6) is 0 Å². The molecule has 3 nitrogen and oxygen atoms in total. The van der Waals surface area contributed by atoms with Gasteiger partial charge in [0.05, 0.1) is 30.6 Å². The molecule has 22 heavy (non-hydrogen) atoms. The molecule has 0 aliphatic carbocycles. The summed E-state index contributed by atoms with van der Waals surface area (Å²) in [5.74, 6) is 0. The number of hydrogen-bond acceptors (Lipinski definition) is 3. The molecule has 0 N–H and O–H groups in total. The van der Waals surface area contributed by atoms with Gasteiger partial charge >= 0.3 is 0 Å². The van der Waals surface area contributed by atoms with Crippen molar-refractivity contribution in [2.24, 2.45) is 4.74 Å². The van der Waals surface area contributed by atoms with Crippen LogP contribution >= 0.6 is 7.28 Å². The van der Waals surface area contributed by atoms with Crippen LogP contribution in [0.1, 0.15) is 82.6 Å². The molecule has 0 amide bonds. The van der Waals surface area contributed by atoms with Crippen molar-refractivity contribution < 1.29 is 9.26 Å². The minimum atomic E-state index is -1.91. The molecule has 0 aromatic carbocycles. The Hall–Kier alpha value is 0.150. The van der Waals surface area contributed by atoms with Gasteiger partial charge in [-0.25, -0.2) is 0 Å². The van der Waals surface area contributed by atoms with Crippen LogP contribution in [0.3, 0.4) is 0 Å². The Morgan fingerprint density at radius 3 is 1.59 bits per heavy atom. The Morgan fingerprint density at radius 1 is 0.818 bits per heavy atom. The van der Waals surface area contributed by atoms with Crippen LogP contribution in [0.15, 0.2) is 4.74 Å². The van der Waals surface area contributed by atoms with E-state index in [9.17, 15) is 0 Å². The molecule has 0 heterocycles. The van der Waals surface area contributed by atoms with Gasteiger partial charge in [-0.3, -0.25) is 4.74 Å². The molecule has 0 spiro atoms. The lowest BCUT2D eigenvalue weighted by Gasteiger charge is -2.42. The molecule has 0 saturated heterocycles. The standard InChI is InChI=1S/C18H40NO2P/c1-15(2,3)19-22(12,17(7,8)9)21-18(10,11)13-14-20-16(4,5)6/h13-14H2,1-12H3. The van der Waals surface area contributed by atoms with Crippen molar-refractivity contribution in [3.05, 3.63) is 0 Å². The van der Waals surface area contributed by atoms with Crippen LogP contribution < -0.4 is 0 Å². The molecular formula is C18H40NO2P. The molecule has 0 radical (unpaired) electrons. The fourth-order valence-electron chi connectivity index (χ4n) is 2.01. The van der Waals surface area contributed by atoms with E-state index in [1.54, 1.807) is 0 Å². The topological polar surface area (TPSA) is 30.8 Å². The van der Waals surface area contributed by atoms with Gasteiger partial charge < -0.3 is 9.26 Å². The molecule has 1 unspecified atom stereocenters.